The molecular formula is C15H13FN2O3. The third kappa shape index (κ3) is 2.65. The molecule has 6 heteroatoms. The maximum Gasteiger partial charge on any atom is 0.256 e. The van der Waals surface area contributed by atoms with E-state index in [4.69, 9.17) is 9.47 Å². The third-order valence-electron chi connectivity index (χ3n) is 3.21. The van der Waals surface area contributed by atoms with Gasteiger partial charge in [0.1, 0.15) is 0 Å². The van der Waals surface area contributed by atoms with Crippen LogP contribution in [0.4, 0.5) is 4.39 Å². The van der Waals surface area contributed by atoms with Crippen molar-refractivity contribution in [1.82, 2.24) is 9.88 Å². The maximum atomic E-state index is 13.6. The molecule has 1 aliphatic heterocycles. The molecule has 0 radical (unpaired) electrons. The number of halogens is 1. The number of ether oxygens (including phenoxy) is 2. The van der Waals surface area contributed by atoms with Crippen molar-refractivity contribution in [2.24, 2.45) is 0 Å². The van der Waals surface area contributed by atoms with Crippen LogP contribution in [0.1, 0.15) is 15.9 Å². The van der Waals surface area contributed by atoms with Gasteiger partial charge in [-0.2, -0.15) is 0 Å². The summed E-state index contributed by atoms with van der Waals surface area (Å²) >= 11 is 0. The van der Waals surface area contributed by atoms with E-state index in [1.807, 2.05) is 12.1 Å². The minimum Gasteiger partial charge on any atom is -0.454 e. The van der Waals surface area contributed by atoms with Crippen LogP contribution in [0.5, 0.6) is 11.5 Å². The Balaban J connectivity index is 1.76. The van der Waals surface area contributed by atoms with Crippen molar-refractivity contribution in [1.29, 1.82) is 0 Å². The highest BCUT2D eigenvalue weighted by Crippen LogP contribution is 2.32. The normalized spacial score (nSPS) is 12.3. The first-order valence-electron chi connectivity index (χ1n) is 6.38. The van der Waals surface area contributed by atoms with Crippen molar-refractivity contribution in [3.8, 4) is 11.5 Å². The van der Waals surface area contributed by atoms with Gasteiger partial charge in [0.25, 0.3) is 5.91 Å². The summed E-state index contributed by atoms with van der Waals surface area (Å²) in [6.07, 6.45) is 2.42. The van der Waals surface area contributed by atoms with Gasteiger partial charge in [-0.25, -0.2) is 4.39 Å². The average molecular weight is 288 g/mol. The molecule has 0 aliphatic carbocycles. The summed E-state index contributed by atoms with van der Waals surface area (Å²) < 4.78 is 24.1. The van der Waals surface area contributed by atoms with E-state index >= 15 is 0 Å². The lowest BCUT2D eigenvalue weighted by atomic mass is 10.1. The van der Waals surface area contributed by atoms with Crippen LogP contribution in [-0.4, -0.2) is 29.6 Å². The summed E-state index contributed by atoms with van der Waals surface area (Å²) in [5, 5.41) is 0. The number of aromatic nitrogens is 1. The molecule has 1 aliphatic rings. The Kier molecular flexibility index (Phi) is 3.43. The number of hydrogen-bond acceptors (Lipinski definition) is 4. The molecule has 0 saturated carbocycles. The summed E-state index contributed by atoms with van der Waals surface area (Å²) in [5.74, 6) is 0.323. The molecule has 0 atom stereocenters. The molecule has 1 amide bonds. The van der Waals surface area contributed by atoms with Gasteiger partial charge in [0.15, 0.2) is 17.3 Å². The van der Waals surface area contributed by atoms with E-state index in [9.17, 15) is 9.18 Å². The summed E-state index contributed by atoms with van der Waals surface area (Å²) in [7, 11) is 1.62. The minimum atomic E-state index is -0.625. The van der Waals surface area contributed by atoms with Gasteiger partial charge >= 0.3 is 0 Å². The van der Waals surface area contributed by atoms with Crippen LogP contribution >= 0.6 is 0 Å². The van der Waals surface area contributed by atoms with Crippen molar-refractivity contribution < 1.29 is 18.7 Å². The fourth-order valence-electron chi connectivity index (χ4n) is 2.14. The Morgan fingerprint density at radius 2 is 2.14 bits per heavy atom. The lowest BCUT2D eigenvalue weighted by molar-refractivity contribution is 0.0780. The smallest absolute Gasteiger partial charge is 0.256 e. The van der Waals surface area contributed by atoms with Crippen molar-refractivity contribution >= 4 is 5.91 Å². The second-order valence-corrected chi connectivity index (χ2v) is 4.70. The van der Waals surface area contributed by atoms with E-state index < -0.39 is 11.7 Å². The molecule has 0 unspecified atom stereocenters. The van der Waals surface area contributed by atoms with Crippen LogP contribution in [0.3, 0.4) is 0 Å². The molecule has 3 rings (SSSR count). The van der Waals surface area contributed by atoms with Crippen molar-refractivity contribution in [3.63, 3.8) is 0 Å². The molecule has 0 saturated heterocycles. The third-order valence-corrected chi connectivity index (χ3v) is 3.21. The van der Waals surface area contributed by atoms with Crippen LogP contribution in [0.2, 0.25) is 0 Å². The van der Waals surface area contributed by atoms with E-state index in [1.54, 1.807) is 13.1 Å². The molecular weight excluding hydrogens is 275 g/mol. The predicted octanol–water partition coefficient (Wildman–Crippen LogP) is 2.22. The van der Waals surface area contributed by atoms with Crippen molar-refractivity contribution in [2.75, 3.05) is 13.8 Å². The SMILES string of the molecule is CN(Cc1ccc2c(c1)OCO2)C(=O)c1ccncc1F. The second-order valence-electron chi connectivity index (χ2n) is 4.70. The van der Waals surface area contributed by atoms with Gasteiger partial charge in [-0.3, -0.25) is 9.78 Å². The fourth-order valence-corrected chi connectivity index (χ4v) is 2.14. The lowest BCUT2D eigenvalue weighted by Gasteiger charge is -2.17. The summed E-state index contributed by atoms with van der Waals surface area (Å²) in [4.78, 5) is 17.3. The molecule has 108 valence electrons. The molecule has 0 spiro atoms. The van der Waals surface area contributed by atoms with Gasteiger partial charge in [-0.05, 0) is 23.8 Å². The van der Waals surface area contributed by atoms with E-state index in [0.29, 0.717) is 18.0 Å². The number of pyridine rings is 1. The largest absolute Gasteiger partial charge is 0.454 e. The number of carbonyl (C=O) groups excluding carboxylic acids is 1. The zero-order valence-corrected chi connectivity index (χ0v) is 11.4. The molecule has 1 aromatic heterocycles. The van der Waals surface area contributed by atoms with Gasteiger partial charge in [0.05, 0.1) is 11.8 Å². The number of hydrogen-bond donors (Lipinski definition) is 0. The molecule has 2 aromatic rings. The Morgan fingerprint density at radius 1 is 1.33 bits per heavy atom. The van der Waals surface area contributed by atoms with Crippen LogP contribution in [0.25, 0.3) is 0 Å². The van der Waals surface area contributed by atoms with Gasteiger partial charge in [0, 0.05) is 19.8 Å². The highest BCUT2D eigenvalue weighted by molar-refractivity contribution is 5.94. The van der Waals surface area contributed by atoms with Gasteiger partial charge < -0.3 is 14.4 Å². The lowest BCUT2D eigenvalue weighted by Crippen LogP contribution is -2.27. The number of carbonyl (C=O) groups is 1. The highest BCUT2D eigenvalue weighted by Gasteiger charge is 2.18. The summed E-state index contributed by atoms with van der Waals surface area (Å²) in [5.41, 5.74) is 0.887. The fraction of sp³-hybridized carbons (Fsp3) is 0.200. The number of rotatable bonds is 3. The first-order chi connectivity index (χ1) is 10.1. The van der Waals surface area contributed by atoms with Crippen molar-refractivity contribution in [2.45, 2.75) is 6.54 Å². The Morgan fingerprint density at radius 3 is 2.95 bits per heavy atom. The van der Waals surface area contributed by atoms with E-state index in [-0.39, 0.29) is 12.4 Å². The number of nitrogens with zero attached hydrogens (tertiary/aromatic N) is 2. The Bertz CT molecular complexity index is 690. The van der Waals surface area contributed by atoms with Crippen LogP contribution < -0.4 is 9.47 Å². The Hall–Kier alpha value is -2.63. The number of amides is 1. The van der Waals surface area contributed by atoms with Gasteiger partial charge in [0.2, 0.25) is 6.79 Å². The topological polar surface area (TPSA) is 51.7 Å². The first kappa shape index (κ1) is 13.4. The van der Waals surface area contributed by atoms with Crippen molar-refractivity contribution in [3.05, 3.63) is 53.6 Å². The predicted molar refractivity (Wildman–Crippen MR) is 72.6 cm³/mol. The molecule has 5 nitrogen and oxygen atoms in total. The van der Waals surface area contributed by atoms with Gasteiger partial charge in [-0.15, -0.1) is 0 Å². The zero-order chi connectivity index (χ0) is 14.8. The molecule has 1 aromatic carbocycles. The van der Waals surface area contributed by atoms with E-state index in [0.717, 1.165) is 11.8 Å². The van der Waals surface area contributed by atoms with E-state index in [2.05, 4.69) is 4.98 Å². The standard InChI is InChI=1S/C15H13FN2O3/c1-18(15(19)11-4-5-17-7-12(11)16)8-10-2-3-13-14(6-10)21-9-20-13/h2-7H,8-9H2,1H3. The average Bonchev–Trinajstić information content (AvgIpc) is 2.94. The van der Waals surface area contributed by atoms with E-state index in [1.165, 1.54) is 17.2 Å². The molecule has 21 heavy (non-hydrogen) atoms. The quantitative estimate of drug-likeness (QED) is 0.869. The van der Waals surface area contributed by atoms with Gasteiger partial charge in [-0.1, -0.05) is 6.07 Å². The zero-order valence-electron chi connectivity index (χ0n) is 11.4. The minimum absolute atomic E-state index is 0.00763. The number of fused-ring (bicyclic) bond motifs is 1. The summed E-state index contributed by atoms with van der Waals surface area (Å²) in [6, 6.07) is 6.83. The van der Waals surface area contributed by atoms with Crippen LogP contribution in [0, 0.1) is 5.82 Å². The monoisotopic (exact) mass is 288 g/mol. The highest BCUT2D eigenvalue weighted by atomic mass is 19.1. The molecule has 0 bridgehead atoms. The van der Waals surface area contributed by atoms with Crippen LogP contribution in [-0.2, 0) is 6.54 Å². The maximum absolute atomic E-state index is 13.6. The summed E-state index contributed by atoms with van der Waals surface area (Å²) in [6.45, 7) is 0.549. The Labute approximate surface area is 120 Å². The number of benzene rings is 1. The molecule has 2 heterocycles. The molecule has 0 fully saturated rings. The molecule has 0 N–H and O–H groups in total. The first-order valence-corrected chi connectivity index (χ1v) is 6.38. The van der Waals surface area contributed by atoms with Crippen LogP contribution in [0.15, 0.2) is 36.7 Å². The second kappa shape index (κ2) is 5.40.